The number of hydrogen-bond donors (Lipinski definition) is 6. The van der Waals surface area contributed by atoms with Crippen LogP contribution in [0.5, 0.6) is 0 Å². The van der Waals surface area contributed by atoms with Gasteiger partial charge < -0.3 is 59.1 Å². The molecule has 12 unspecified atom stereocenters. The van der Waals surface area contributed by atoms with Crippen LogP contribution in [0, 0.1) is 85.2 Å². The van der Waals surface area contributed by atoms with E-state index in [0.29, 0.717) is 108 Å². The van der Waals surface area contributed by atoms with Crippen molar-refractivity contribution in [1.82, 2.24) is 0 Å². The first kappa shape index (κ1) is 133. The fourth-order valence-electron chi connectivity index (χ4n) is 16.8. The molecule has 0 aromatic rings. The molecule has 0 aromatic carbocycles. The van der Waals surface area contributed by atoms with Crippen molar-refractivity contribution in [2.45, 2.75) is 459 Å². The van der Waals surface area contributed by atoms with Crippen LogP contribution in [0.3, 0.4) is 0 Å². The molecule has 7 fully saturated rings. The molecule has 0 aliphatic heterocycles. The summed E-state index contributed by atoms with van der Waals surface area (Å²) in [6.45, 7) is 29.7. The van der Waals surface area contributed by atoms with Gasteiger partial charge in [-0.2, -0.15) is 79.0 Å². The van der Waals surface area contributed by atoms with Crippen LogP contribution in [0.2, 0.25) is 0 Å². The minimum atomic E-state index is -5.44. The van der Waals surface area contributed by atoms with E-state index in [1.54, 1.807) is 90.0 Å². The SMILES string of the molecule is CCC(C)(C)C(=O)OC(C)CC(F)(F)C(O)C(F)(F)F.CCC(C)(C)C(=O)OC(CC(F)(F)C(O)C(F)(F)F)C1CCCC1.CCC(C)(C)C(=O)OC(CC(F)(F)C(O)C(F)(F)F)C1CCCCC1.CCC(C)(C)C(=O)OC(CC(O)C(F)(F)F)C12CC3CC(CC(C3)C1)C2.CCC(C)(C)C(=O)OCC(C)C(F)(F)C(O)C(F)(F)F.CCC(C)(C)C(=O)OCC(C1CCCCC1)C(F)(F)C(O)C(F)(F)F. The summed E-state index contributed by atoms with van der Waals surface area (Å²) < 4.78 is 393. The molecule has 4 bridgehead atoms. The normalized spacial score (nSPS) is 22.1. The van der Waals surface area contributed by atoms with Gasteiger partial charge in [0.1, 0.15) is 31.0 Å². The molecule has 7 aliphatic rings. The van der Waals surface area contributed by atoms with E-state index in [0.717, 1.165) is 90.9 Å². The summed E-state index contributed by atoms with van der Waals surface area (Å²) in [5.74, 6) is -30.0. The molecule has 0 aromatic heterocycles. The number of aliphatic hydroxyl groups is 6. The van der Waals surface area contributed by atoms with E-state index < -0.39 is 265 Å². The zero-order chi connectivity index (χ0) is 110. The van der Waals surface area contributed by atoms with Crippen molar-refractivity contribution in [1.29, 1.82) is 0 Å². The summed E-state index contributed by atoms with van der Waals surface area (Å²) in [7, 11) is 0. The van der Waals surface area contributed by atoms with Gasteiger partial charge in [-0.25, -0.2) is 43.9 Å². The Labute approximate surface area is 801 Å². The first-order valence-corrected chi connectivity index (χ1v) is 47.5. The summed E-state index contributed by atoms with van der Waals surface area (Å²) in [5, 5.41) is 54.0. The van der Waals surface area contributed by atoms with Gasteiger partial charge in [0.25, 0.3) is 29.6 Å². The second kappa shape index (κ2) is 52.0. The van der Waals surface area contributed by atoms with Gasteiger partial charge in [0.15, 0.2) is 6.10 Å². The van der Waals surface area contributed by atoms with Crippen LogP contribution >= 0.6 is 0 Å². The van der Waals surface area contributed by atoms with Crippen LogP contribution in [0.1, 0.15) is 331 Å². The average molecular weight is 2100 g/mol. The molecule has 0 saturated heterocycles. The van der Waals surface area contributed by atoms with E-state index in [4.69, 9.17) is 44.1 Å². The zero-order valence-corrected chi connectivity index (χ0v) is 83.2. The highest BCUT2D eigenvalue weighted by atomic mass is 19.4. The molecule has 46 heteroatoms. The van der Waals surface area contributed by atoms with Crippen molar-refractivity contribution in [3.8, 4) is 0 Å². The van der Waals surface area contributed by atoms with Crippen molar-refractivity contribution >= 4 is 35.8 Å². The Morgan fingerprint density at radius 1 is 0.307 bits per heavy atom. The van der Waals surface area contributed by atoms with Gasteiger partial charge in [-0.05, 0) is 241 Å². The quantitative estimate of drug-likeness (QED) is 0.0189. The molecule has 140 heavy (non-hydrogen) atoms. The van der Waals surface area contributed by atoms with Crippen LogP contribution in [-0.2, 0) is 57.2 Å². The van der Waals surface area contributed by atoms with Gasteiger partial charge in [-0.3, -0.25) is 28.8 Å². The number of hydrogen-bond acceptors (Lipinski definition) is 18. The van der Waals surface area contributed by atoms with E-state index in [1.807, 2.05) is 6.92 Å². The first-order chi connectivity index (χ1) is 62.9. The monoisotopic (exact) mass is 2100 g/mol. The number of aliphatic hydroxyl groups excluding tert-OH is 6. The Kier molecular flexibility index (Phi) is 49.2. The number of rotatable bonds is 39. The van der Waals surface area contributed by atoms with Crippen LogP contribution in [0.15, 0.2) is 0 Å². The summed E-state index contributed by atoms with van der Waals surface area (Å²) >= 11 is 0. The van der Waals surface area contributed by atoms with Gasteiger partial charge in [-0.15, -0.1) is 0 Å². The average Bonchev–Trinajstić information content (AvgIpc) is 0.804. The Balaban J connectivity index is 0.000000843. The van der Waals surface area contributed by atoms with Crippen LogP contribution in [0.25, 0.3) is 0 Å². The fourth-order valence-corrected chi connectivity index (χ4v) is 16.8. The number of alkyl halides is 28. The standard InChI is InChI=1S/C20H31F3O3.2C17H27F5O3.C16H25F5O3.2C12H19F5O3/c1-4-18(2,3)17(25)26-16(8-15(24)20(21,22)23)19-9-12-5-13(10-19)7-14(6-12)11-19;1-4-15(2,3)14(24)25-10-12(11-8-6-5-7-9-11)16(18,19)13(23)17(20,21)22;1-4-15(2,3)14(24)25-12(11-8-6-5-7-9-11)10-16(18,19)13(23)17(20,21)22;1-4-14(2,3)13(23)24-11(10-7-5-6-8-10)9-15(17,18)12(22)16(19,20)21;1-5-10(3,4)9(19)20-6-7(2)11(13,14)8(18)12(15,16)17;1-5-10(3,4)9(19)20-7(2)6-11(13,14)8(18)12(15,16)17/h12-16,24H,4-11H2,1-3H3;2*11-13,23H,4-10H2,1-3H3;10-12,22H,4-9H2,1-3H3;2*7-8,18H,5-6H2,1-4H3. The summed E-state index contributed by atoms with van der Waals surface area (Å²) in [4.78, 5) is 72.2. The molecule has 6 N–H and O–H groups in total. The molecule has 0 amide bonds. The molecule has 0 radical (unpaired) electrons. The number of esters is 6. The third-order valence-corrected chi connectivity index (χ3v) is 28.6. The zero-order valence-electron chi connectivity index (χ0n) is 83.2. The summed E-state index contributed by atoms with van der Waals surface area (Å²) in [5.41, 5.74) is -5.66. The van der Waals surface area contributed by atoms with Gasteiger partial charge in [-0.1, -0.05) is 99.8 Å². The lowest BCUT2D eigenvalue weighted by atomic mass is 9.48. The van der Waals surface area contributed by atoms with Crippen molar-refractivity contribution < 1.29 is 211 Å². The topological polar surface area (TPSA) is 279 Å². The molecule has 828 valence electrons. The highest BCUT2D eigenvalue weighted by molar-refractivity contribution is 5.78. The fraction of sp³-hybridized carbons (Fsp3) is 0.936. The molecule has 7 saturated carbocycles. The minimum Gasteiger partial charge on any atom is -0.465 e. The van der Waals surface area contributed by atoms with Crippen LogP contribution < -0.4 is 0 Å². The lowest BCUT2D eigenvalue weighted by Gasteiger charge is -2.59. The van der Waals surface area contributed by atoms with Crippen molar-refractivity contribution in [2.24, 2.45) is 85.2 Å². The molecular formula is C94H148F28O18. The maximum atomic E-state index is 14.4. The predicted molar refractivity (Wildman–Crippen MR) is 455 cm³/mol. The number of carbonyl (C=O) groups excluding carboxylic acids is 6. The molecule has 12 atom stereocenters. The van der Waals surface area contributed by atoms with E-state index in [2.05, 4.69) is 4.74 Å². The Morgan fingerprint density at radius 3 is 0.843 bits per heavy atom. The lowest BCUT2D eigenvalue weighted by Crippen LogP contribution is -2.54. The summed E-state index contributed by atoms with van der Waals surface area (Å²) in [6, 6.07) is 0. The van der Waals surface area contributed by atoms with Crippen LogP contribution in [-0.4, -0.2) is 207 Å². The maximum absolute atomic E-state index is 14.4. The summed E-state index contributed by atoms with van der Waals surface area (Å²) in [6.07, 6.45) is -45.5. The van der Waals surface area contributed by atoms with Crippen molar-refractivity contribution in [3.63, 3.8) is 0 Å². The van der Waals surface area contributed by atoms with Gasteiger partial charge in [0.2, 0.25) is 30.5 Å². The van der Waals surface area contributed by atoms with E-state index in [-0.39, 0.29) is 5.41 Å². The third kappa shape index (κ3) is 40.0. The predicted octanol–water partition coefficient (Wildman–Crippen LogP) is 25.4. The highest BCUT2D eigenvalue weighted by Crippen LogP contribution is 2.63. The minimum absolute atomic E-state index is 0.333. The first-order valence-electron chi connectivity index (χ1n) is 47.5. The molecule has 7 rings (SSSR count). The molecule has 7 aliphatic carbocycles. The number of ether oxygens (including phenoxy) is 6. The number of halogens is 28. The second-order valence-electron chi connectivity index (χ2n) is 42.5. The Morgan fingerprint density at radius 2 is 0.557 bits per heavy atom. The maximum Gasteiger partial charge on any atom is 0.420 e. The molecule has 0 heterocycles. The Hall–Kier alpha value is -5.38. The third-order valence-electron chi connectivity index (χ3n) is 28.6. The van der Waals surface area contributed by atoms with E-state index in [9.17, 15) is 162 Å². The van der Waals surface area contributed by atoms with Gasteiger partial charge in [0.05, 0.1) is 70.2 Å². The van der Waals surface area contributed by atoms with E-state index in [1.165, 1.54) is 27.7 Å². The van der Waals surface area contributed by atoms with Gasteiger partial charge in [0, 0.05) is 11.8 Å². The molecule has 18 nitrogen and oxygen atoms in total. The van der Waals surface area contributed by atoms with Crippen LogP contribution in [0.4, 0.5) is 123 Å². The lowest BCUT2D eigenvalue weighted by molar-refractivity contribution is -0.290. The highest BCUT2D eigenvalue weighted by Gasteiger charge is 2.65. The van der Waals surface area contributed by atoms with E-state index >= 15 is 0 Å². The smallest absolute Gasteiger partial charge is 0.420 e. The Bertz CT molecular complexity index is 3710. The largest absolute Gasteiger partial charge is 0.465 e. The molecule has 0 spiro atoms. The molecular weight excluding hydrogens is 1950 g/mol. The number of carbonyl (C=O) groups is 6. The van der Waals surface area contributed by atoms with Gasteiger partial charge >= 0.3 is 72.9 Å². The second-order valence-corrected chi connectivity index (χ2v) is 42.5. The van der Waals surface area contributed by atoms with Crippen molar-refractivity contribution in [3.05, 3.63) is 0 Å². The van der Waals surface area contributed by atoms with Crippen molar-refractivity contribution in [2.75, 3.05) is 13.2 Å².